The molecule has 2 N–H and O–H groups in total. The number of carbonyl (C=O) groups excluding carboxylic acids is 1. The number of pyridine rings is 2. The fourth-order valence-electron chi connectivity index (χ4n) is 2.58. The van der Waals surface area contributed by atoms with E-state index in [1.807, 2.05) is 24.3 Å². The number of aliphatic carboxylic acids is 1. The summed E-state index contributed by atoms with van der Waals surface area (Å²) in [7, 11) is 0. The van der Waals surface area contributed by atoms with E-state index in [9.17, 15) is 18.0 Å². The number of carboxylic acids is 1. The van der Waals surface area contributed by atoms with Crippen LogP contribution in [0.4, 0.5) is 18.9 Å². The number of nitrogens with zero attached hydrogens (tertiary/aromatic N) is 2. The molecule has 0 aliphatic heterocycles. The molecule has 3 heterocycles. The maximum absolute atomic E-state index is 12.8. The summed E-state index contributed by atoms with van der Waals surface area (Å²) in [4.78, 5) is 30.3. The molecule has 0 spiro atoms. The van der Waals surface area contributed by atoms with Crippen LogP contribution in [0.1, 0.15) is 10.4 Å². The Morgan fingerprint density at radius 3 is 2.44 bits per heavy atom. The van der Waals surface area contributed by atoms with Crippen LogP contribution in [0.2, 0.25) is 0 Å². The molecule has 1 aromatic carbocycles. The van der Waals surface area contributed by atoms with Crippen LogP contribution in [0.3, 0.4) is 0 Å². The number of anilines is 1. The monoisotopic (exact) mass is 507 g/mol. The van der Waals surface area contributed by atoms with E-state index >= 15 is 0 Å². The van der Waals surface area contributed by atoms with Gasteiger partial charge in [0.1, 0.15) is 5.69 Å². The predicted molar refractivity (Wildman–Crippen MR) is 113 cm³/mol. The first-order valence-electron chi connectivity index (χ1n) is 8.81. The second-order valence-corrected chi connectivity index (χ2v) is 7.11. The van der Waals surface area contributed by atoms with Crippen LogP contribution >= 0.6 is 15.9 Å². The fraction of sp³-hybridized carbons (Fsp3) is 0.0476. The number of nitrogens with one attached hydrogen (secondary N) is 1. The molecular formula is C21H13BrF3N3O4. The Balaban J connectivity index is 0.000000360. The van der Waals surface area contributed by atoms with Gasteiger partial charge in [-0.3, -0.25) is 9.78 Å². The van der Waals surface area contributed by atoms with E-state index in [1.54, 1.807) is 42.9 Å². The van der Waals surface area contributed by atoms with E-state index in [1.165, 1.54) is 0 Å². The first kappa shape index (κ1) is 22.9. The SMILES string of the molecule is O=C(Nc1cccnc1)c1cc(-c2ccco2)nc2cc(Br)ccc12.O=C(O)C(F)(F)F. The first-order chi connectivity index (χ1) is 15.1. The molecule has 0 fully saturated rings. The van der Waals surface area contributed by atoms with Crippen molar-refractivity contribution >= 4 is 44.4 Å². The van der Waals surface area contributed by atoms with Gasteiger partial charge in [-0.05, 0) is 42.5 Å². The zero-order valence-electron chi connectivity index (χ0n) is 15.9. The lowest BCUT2D eigenvalue weighted by molar-refractivity contribution is -0.192. The predicted octanol–water partition coefficient (Wildman–Crippen LogP) is 5.54. The highest BCUT2D eigenvalue weighted by atomic mass is 79.9. The van der Waals surface area contributed by atoms with E-state index in [0.717, 1.165) is 9.86 Å². The topological polar surface area (TPSA) is 105 Å². The Kier molecular flexibility index (Phi) is 6.89. The van der Waals surface area contributed by atoms with Crippen molar-refractivity contribution in [1.82, 2.24) is 9.97 Å². The molecule has 0 atom stereocenters. The van der Waals surface area contributed by atoms with E-state index in [2.05, 4.69) is 31.2 Å². The zero-order chi connectivity index (χ0) is 23.3. The second kappa shape index (κ2) is 9.60. The fourth-order valence-corrected chi connectivity index (χ4v) is 2.92. The third kappa shape index (κ3) is 5.70. The number of hydrogen-bond donors (Lipinski definition) is 2. The van der Waals surface area contributed by atoms with Gasteiger partial charge in [0.05, 0.1) is 29.2 Å². The Hall–Kier alpha value is -3.73. The van der Waals surface area contributed by atoms with Gasteiger partial charge in [-0.1, -0.05) is 22.0 Å². The summed E-state index contributed by atoms with van der Waals surface area (Å²) < 4.78 is 38.1. The molecule has 3 aromatic heterocycles. The van der Waals surface area contributed by atoms with Crippen molar-refractivity contribution in [2.24, 2.45) is 0 Å². The van der Waals surface area contributed by atoms with Crippen LogP contribution in [0.15, 0.2) is 76.1 Å². The van der Waals surface area contributed by atoms with E-state index in [4.69, 9.17) is 14.3 Å². The summed E-state index contributed by atoms with van der Waals surface area (Å²) in [5.74, 6) is -2.37. The lowest BCUT2D eigenvalue weighted by atomic mass is 10.1. The van der Waals surface area contributed by atoms with Crippen LogP contribution in [-0.4, -0.2) is 33.1 Å². The number of aromatic nitrogens is 2. The molecule has 32 heavy (non-hydrogen) atoms. The quantitative estimate of drug-likeness (QED) is 0.377. The van der Waals surface area contributed by atoms with Crippen molar-refractivity contribution in [1.29, 1.82) is 0 Å². The van der Waals surface area contributed by atoms with Gasteiger partial charge in [0, 0.05) is 16.1 Å². The minimum Gasteiger partial charge on any atom is -0.475 e. The highest BCUT2D eigenvalue weighted by Gasteiger charge is 2.38. The second-order valence-electron chi connectivity index (χ2n) is 6.19. The van der Waals surface area contributed by atoms with Crippen molar-refractivity contribution in [3.05, 3.63) is 77.2 Å². The molecule has 0 saturated heterocycles. The van der Waals surface area contributed by atoms with Gasteiger partial charge in [0.2, 0.25) is 0 Å². The summed E-state index contributed by atoms with van der Waals surface area (Å²) in [5.41, 5.74) is 2.47. The van der Waals surface area contributed by atoms with Gasteiger partial charge in [0.15, 0.2) is 5.76 Å². The van der Waals surface area contributed by atoms with Crippen LogP contribution in [0, 0.1) is 0 Å². The number of benzene rings is 1. The molecule has 4 aromatic rings. The van der Waals surface area contributed by atoms with E-state index in [-0.39, 0.29) is 5.91 Å². The van der Waals surface area contributed by atoms with Crippen molar-refractivity contribution in [2.75, 3.05) is 5.32 Å². The largest absolute Gasteiger partial charge is 0.490 e. The number of alkyl halides is 3. The number of fused-ring (bicyclic) bond motifs is 1. The van der Waals surface area contributed by atoms with Crippen LogP contribution < -0.4 is 5.32 Å². The molecule has 0 aliphatic rings. The summed E-state index contributed by atoms with van der Waals surface area (Å²) >= 11 is 3.45. The molecule has 11 heteroatoms. The molecule has 1 amide bonds. The molecule has 0 unspecified atom stereocenters. The van der Waals surface area contributed by atoms with Crippen molar-refractivity contribution in [3.8, 4) is 11.5 Å². The minimum atomic E-state index is -5.08. The Morgan fingerprint density at radius 1 is 1.09 bits per heavy atom. The third-order valence-corrected chi connectivity index (χ3v) is 4.45. The highest BCUT2D eigenvalue weighted by molar-refractivity contribution is 9.10. The molecule has 0 radical (unpaired) electrons. The smallest absolute Gasteiger partial charge is 0.475 e. The van der Waals surface area contributed by atoms with Gasteiger partial charge >= 0.3 is 12.1 Å². The minimum absolute atomic E-state index is 0.226. The maximum Gasteiger partial charge on any atom is 0.490 e. The number of furan rings is 1. The first-order valence-corrected chi connectivity index (χ1v) is 9.60. The molecule has 0 aliphatic carbocycles. The molecule has 0 saturated carbocycles. The van der Waals surface area contributed by atoms with Gasteiger partial charge in [-0.2, -0.15) is 13.2 Å². The summed E-state index contributed by atoms with van der Waals surface area (Å²) in [6.07, 6.45) is -0.243. The van der Waals surface area contributed by atoms with Crippen molar-refractivity contribution in [2.45, 2.75) is 6.18 Å². The normalized spacial score (nSPS) is 10.9. The standard InChI is InChI=1S/C19H12BrN3O2.C2HF3O2/c20-12-5-6-14-15(19(24)22-13-3-1-7-21-11-13)10-17(23-16(14)9-12)18-4-2-8-25-18;3-2(4,5)1(6)7/h1-11H,(H,22,24);(H,6,7). The average Bonchev–Trinajstić information content (AvgIpc) is 3.28. The number of rotatable bonds is 3. The molecule has 4 rings (SSSR count). The van der Waals surface area contributed by atoms with Crippen LogP contribution in [-0.2, 0) is 4.79 Å². The number of carbonyl (C=O) groups is 2. The van der Waals surface area contributed by atoms with Gasteiger partial charge in [0.25, 0.3) is 5.91 Å². The lowest BCUT2D eigenvalue weighted by Gasteiger charge is -2.10. The lowest BCUT2D eigenvalue weighted by Crippen LogP contribution is -2.21. The van der Waals surface area contributed by atoms with Gasteiger partial charge < -0.3 is 14.8 Å². The van der Waals surface area contributed by atoms with Gasteiger partial charge in [-0.15, -0.1) is 0 Å². The Bertz CT molecular complexity index is 1250. The number of amides is 1. The van der Waals surface area contributed by atoms with Crippen LogP contribution in [0.25, 0.3) is 22.4 Å². The van der Waals surface area contributed by atoms with E-state index < -0.39 is 12.1 Å². The van der Waals surface area contributed by atoms with Crippen LogP contribution in [0.5, 0.6) is 0 Å². The van der Waals surface area contributed by atoms with Crippen molar-refractivity contribution in [3.63, 3.8) is 0 Å². The molecule has 164 valence electrons. The highest BCUT2D eigenvalue weighted by Crippen LogP contribution is 2.28. The summed E-state index contributed by atoms with van der Waals surface area (Å²) in [6.45, 7) is 0. The molecule has 0 bridgehead atoms. The Labute approximate surface area is 187 Å². The molecule has 7 nitrogen and oxygen atoms in total. The summed E-state index contributed by atoms with van der Waals surface area (Å²) in [6, 6.07) is 14.5. The number of halogens is 4. The average molecular weight is 508 g/mol. The number of carboxylic acid groups (broad SMARTS) is 1. The van der Waals surface area contributed by atoms with E-state index in [0.29, 0.717) is 28.2 Å². The van der Waals surface area contributed by atoms with Gasteiger partial charge in [-0.25, -0.2) is 9.78 Å². The molecular weight excluding hydrogens is 495 g/mol. The maximum atomic E-state index is 12.8. The zero-order valence-corrected chi connectivity index (χ0v) is 17.5. The van der Waals surface area contributed by atoms with Crippen molar-refractivity contribution < 1.29 is 32.3 Å². The summed E-state index contributed by atoms with van der Waals surface area (Å²) in [5, 5.41) is 10.8. The number of hydrogen-bond acceptors (Lipinski definition) is 5. The third-order valence-electron chi connectivity index (χ3n) is 3.95. The Morgan fingerprint density at radius 2 is 1.84 bits per heavy atom.